The predicted molar refractivity (Wildman–Crippen MR) is 85.0 cm³/mol. The van der Waals surface area contributed by atoms with Crippen LogP contribution in [0.2, 0.25) is 0 Å². The number of rotatable bonds is 4. The van der Waals surface area contributed by atoms with Gasteiger partial charge in [-0.15, -0.1) is 0 Å². The molecular weight excluding hydrogens is 302 g/mol. The highest BCUT2D eigenvalue weighted by atomic mass is 79.9. The van der Waals surface area contributed by atoms with Crippen LogP contribution in [-0.4, -0.2) is 42.6 Å². The van der Waals surface area contributed by atoms with Crippen LogP contribution in [-0.2, 0) is 4.74 Å². The number of hydrogen-bond acceptors (Lipinski definition) is 2. The second-order valence-electron chi connectivity index (χ2n) is 7.02. The molecule has 0 aromatic rings. The number of methoxy groups -OCH3 is 1. The molecule has 1 aliphatic carbocycles. The second kappa shape index (κ2) is 6.91. The summed E-state index contributed by atoms with van der Waals surface area (Å²) in [4.78, 5) is 2.67. The fourth-order valence-corrected chi connectivity index (χ4v) is 4.63. The molecular formula is C16H30BrNO. The van der Waals surface area contributed by atoms with Crippen molar-refractivity contribution in [1.29, 1.82) is 0 Å². The van der Waals surface area contributed by atoms with Gasteiger partial charge in [0.25, 0.3) is 0 Å². The summed E-state index contributed by atoms with van der Waals surface area (Å²) in [6.45, 7) is 5.90. The van der Waals surface area contributed by atoms with Gasteiger partial charge in [0.2, 0.25) is 0 Å². The molecule has 3 heteroatoms. The number of hydrogen-bond donors (Lipinski definition) is 0. The van der Waals surface area contributed by atoms with Crippen molar-refractivity contribution in [1.82, 2.24) is 4.90 Å². The minimum absolute atomic E-state index is 0.0798. The van der Waals surface area contributed by atoms with E-state index in [0.717, 1.165) is 6.54 Å². The summed E-state index contributed by atoms with van der Waals surface area (Å²) >= 11 is 3.82. The summed E-state index contributed by atoms with van der Waals surface area (Å²) in [5.41, 5.74) is 0.596. The minimum Gasteiger partial charge on any atom is -0.377 e. The molecule has 2 nitrogen and oxygen atoms in total. The highest BCUT2D eigenvalue weighted by Crippen LogP contribution is 2.38. The minimum atomic E-state index is 0.0798. The fraction of sp³-hybridized carbons (Fsp3) is 1.00. The molecule has 0 amide bonds. The van der Waals surface area contributed by atoms with Gasteiger partial charge in [0, 0.05) is 25.5 Å². The Hall–Kier alpha value is 0.400. The standard InChI is InChI=1S/C16H30BrNO/c1-15(19-2)8-7-11-18(13-15)14-16(12-17)9-5-3-4-6-10-16/h3-14H2,1-2H3. The zero-order chi connectivity index (χ0) is 13.8. The van der Waals surface area contributed by atoms with Gasteiger partial charge in [0.05, 0.1) is 5.60 Å². The number of ether oxygens (including phenoxy) is 1. The third-order valence-corrected chi connectivity index (χ3v) is 6.43. The molecule has 1 atom stereocenters. The highest BCUT2D eigenvalue weighted by Gasteiger charge is 2.36. The van der Waals surface area contributed by atoms with Crippen LogP contribution in [0.15, 0.2) is 0 Å². The molecule has 0 aromatic heterocycles. The van der Waals surface area contributed by atoms with Gasteiger partial charge in [-0.2, -0.15) is 0 Å². The van der Waals surface area contributed by atoms with Crippen LogP contribution in [0, 0.1) is 5.41 Å². The summed E-state index contributed by atoms with van der Waals surface area (Å²) in [5, 5.41) is 1.17. The summed E-state index contributed by atoms with van der Waals surface area (Å²) in [7, 11) is 1.87. The van der Waals surface area contributed by atoms with Gasteiger partial charge < -0.3 is 4.74 Å². The van der Waals surface area contributed by atoms with Crippen LogP contribution in [0.4, 0.5) is 0 Å². The van der Waals surface area contributed by atoms with E-state index >= 15 is 0 Å². The molecule has 19 heavy (non-hydrogen) atoms. The number of piperidine rings is 1. The summed E-state index contributed by atoms with van der Waals surface area (Å²) < 4.78 is 5.74. The van der Waals surface area contributed by atoms with Crippen molar-refractivity contribution in [2.24, 2.45) is 5.41 Å². The predicted octanol–water partition coefficient (Wildman–Crippen LogP) is 4.22. The summed E-state index contributed by atoms with van der Waals surface area (Å²) in [5.74, 6) is 0. The van der Waals surface area contributed by atoms with Crippen molar-refractivity contribution >= 4 is 15.9 Å². The smallest absolute Gasteiger partial charge is 0.0777 e. The van der Waals surface area contributed by atoms with Gasteiger partial charge in [-0.05, 0) is 44.6 Å². The van der Waals surface area contributed by atoms with Crippen LogP contribution in [0.3, 0.4) is 0 Å². The Bertz CT molecular complexity index is 276. The lowest BCUT2D eigenvalue weighted by molar-refractivity contribution is -0.0589. The maximum absolute atomic E-state index is 5.74. The Labute approximate surface area is 127 Å². The zero-order valence-corrected chi connectivity index (χ0v) is 14.3. The molecule has 1 saturated carbocycles. The van der Waals surface area contributed by atoms with Gasteiger partial charge >= 0.3 is 0 Å². The second-order valence-corrected chi connectivity index (χ2v) is 7.58. The third kappa shape index (κ3) is 4.18. The first-order valence-corrected chi connectivity index (χ1v) is 9.07. The molecule has 2 aliphatic rings. The van der Waals surface area contributed by atoms with Gasteiger partial charge in [0.15, 0.2) is 0 Å². The SMILES string of the molecule is COC1(C)CCCN(CC2(CBr)CCCCCC2)C1. The molecule has 2 fully saturated rings. The van der Waals surface area contributed by atoms with Crippen LogP contribution in [0.5, 0.6) is 0 Å². The van der Waals surface area contributed by atoms with Gasteiger partial charge in [-0.3, -0.25) is 4.90 Å². The Morgan fingerprint density at radius 1 is 1.05 bits per heavy atom. The Morgan fingerprint density at radius 3 is 2.32 bits per heavy atom. The Morgan fingerprint density at radius 2 is 1.74 bits per heavy atom. The van der Waals surface area contributed by atoms with Crippen LogP contribution in [0.1, 0.15) is 58.3 Å². The monoisotopic (exact) mass is 331 g/mol. The molecule has 0 aromatic carbocycles. The van der Waals surface area contributed by atoms with Crippen molar-refractivity contribution in [2.75, 3.05) is 32.1 Å². The first-order chi connectivity index (χ1) is 9.11. The van der Waals surface area contributed by atoms with Gasteiger partial charge in [-0.1, -0.05) is 41.6 Å². The van der Waals surface area contributed by atoms with Crippen molar-refractivity contribution in [3.8, 4) is 0 Å². The fourth-order valence-electron chi connectivity index (χ4n) is 3.90. The van der Waals surface area contributed by atoms with Crippen LogP contribution < -0.4 is 0 Å². The molecule has 2 rings (SSSR count). The van der Waals surface area contributed by atoms with E-state index in [9.17, 15) is 0 Å². The normalized spacial score (nSPS) is 33.0. The topological polar surface area (TPSA) is 12.5 Å². The van der Waals surface area contributed by atoms with E-state index in [1.807, 2.05) is 7.11 Å². The summed E-state index contributed by atoms with van der Waals surface area (Å²) in [6, 6.07) is 0. The molecule has 0 spiro atoms. The molecule has 1 heterocycles. The van der Waals surface area contributed by atoms with E-state index in [1.165, 1.54) is 69.8 Å². The first-order valence-electron chi connectivity index (χ1n) is 7.95. The number of alkyl halides is 1. The van der Waals surface area contributed by atoms with Crippen LogP contribution in [0.25, 0.3) is 0 Å². The lowest BCUT2D eigenvalue weighted by atomic mass is 9.81. The number of halogens is 1. The van der Waals surface area contributed by atoms with E-state index in [4.69, 9.17) is 4.74 Å². The van der Waals surface area contributed by atoms with E-state index in [2.05, 4.69) is 27.8 Å². The molecule has 0 bridgehead atoms. The van der Waals surface area contributed by atoms with E-state index in [1.54, 1.807) is 0 Å². The molecule has 1 aliphatic heterocycles. The number of likely N-dealkylation sites (tertiary alicyclic amines) is 1. The Kier molecular flexibility index (Phi) is 5.74. The largest absolute Gasteiger partial charge is 0.377 e. The summed E-state index contributed by atoms with van der Waals surface area (Å²) in [6.07, 6.45) is 11.0. The van der Waals surface area contributed by atoms with Crippen LogP contribution >= 0.6 is 15.9 Å². The lowest BCUT2D eigenvalue weighted by Crippen LogP contribution is -2.51. The third-order valence-electron chi connectivity index (χ3n) is 5.24. The van der Waals surface area contributed by atoms with Crippen molar-refractivity contribution < 1.29 is 4.74 Å². The highest BCUT2D eigenvalue weighted by molar-refractivity contribution is 9.09. The van der Waals surface area contributed by atoms with Gasteiger partial charge in [0.1, 0.15) is 0 Å². The number of nitrogens with zero attached hydrogens (tertiary/aromatic N) is 1. The molecule has 1 saturated heterocycles. The quantitative estimate of drug-likeness (QED) is 0.564. The first kappa shape index (κ1) is 15.8. The van der Waals surface area contributed by atoms with Crippen molar-refractivity contribution in [3.63, 3.8) is 0 Å². The van der Waals surface area contributed by atoms with E-state index in [-0.39, 0.29) is 5.60 Å². The maximum atomic E-state index is 5.74. The van der Waals surface area contributed by atoms with E-state index in [0.29, 0.717) is 5.41 Å². The van der Waals surface area contributed by atoms with Crippen molar-refractivity contribution in [3.05, 3.63) is 0 Å². The molecule has 112 valence electrons. The molecule has 0 N–H and O–H groups in total. The molecule has 0 radical (unpaired) electrons. The van der Waals surface area contributed by atoms with Gasteiger partial charge in [-0.25, -0.2) is 0 Å². The average molecular weight is 332 g/mol. The van der Waals surface area contributed by atoms with Crippen molar-refractivity contribution in [2.45, 2.75) is 63.9 Å². The lowest BCUT2D eigenvalue weighted by Gasteiger charge is -2.44. The maximum Gasteiger partial charge on any atom is 0.0777 e. The molecule has 1 unspecified atom stereocenters. The Balaban J connectivity index is 1.97. The zero-order valence-electron chi connectivity index (χ0n) is 12.7. The average Bonchev–Trinajstić information content (AvgIpc) is 2.65. The van der Waals surface area contributed by atoms with E-state index < -0.39 is 0 Å².